The van der Waals surface area contributed by atoms with Gasteiger partial charge in [-0.25, -0.2) is 0 Å². The van der Waals surface area contributed by atoms with E-state index in [0.29, 0.717) is 11.5 Å². The number of aromatic nitrogens is 1. The van der Waals surface area contributed by atoms with Crippen LogP contribution in [0.3, 0.4) is 0 Å². The Hall–Kier alpha value is -3.09. The van der Waals surface area contributed by atoms with Crippen LogP contribution in [0.15, 0.2) is 84.0 Å². The predicted octanol–water partition coefficient (Wildman–Crippen LogP) is 6.25. The van der Waals surface area contributed by atoms with Crippen molar-refractivity contribution in [1.29, 1.82) is 0 Å². The maximum Gasteiger partial charge on any atom is 0.265 e. The Bertz CT molecular complexity index is 1190. The highest BCUT2D eigenvalue weighted by molar-refractivity contribution is 7.98. The van der Waals surface area contributed by atoms with Gasteiger partial charge >= 0.3 is 0 Å². The molecule has 0 radical (unpaired) electrons. The molecule has 4 aromatic rings. The molecule has 0 aliphatic carbocycles. The van der Waals surface area contributed by atoms with Gasteiger partial charge in [0.15, 0.2) is 0 Å². The number of fused-ring (bicyclic) bond motifs is 3. The summed E-state index contributed by atoms with van der Waals surface area (Å²) in [6.45, 7) is 0.499. The Kier molecular flexibility index (Phi) is 5.26. The van der Waals surface area contributed by atoms with Crippen LogP contribution >= 0.6 is 23.1 Å². The number of hydrogen-bond donors (Lipinski definition) is 1. The van der Waals surface area contributed by atoms with Crippen molar-refractivity contribution in [3.8, 4) is 16.2 Å². The zero-order valence-electron chi connectivity index (χ0n) is 16.0. The van der Waals surface area contributed by atoms with E-state index in [4.69, 9.17) is 4.74 Å². The van der Waals surface area contributed by atoms with E-state index in [-0.39, 0.29) is 5.91 Å². The monoisotopic (exact) mass is 430 g/mol. The van der Waals surface area contributed by atoms with Gasteiger partial charge in [-0.15, -0.1) is 23.1 Å². The number of carbonyl (C=O) groups is 1. The van der Waals surface area contributed by atoms with Gasteiger partial charge in [-0.1, -0.05) is 18.2 Å². The fraction of sp³-hybridized carbons (Fsp3) is 0.0833. The lowest BCUT2D eigenvalue weighted by Gasteiger charge is -2.16. The first-order valence-corrected chi connectivity index (χ1v) is 11.3. The molecule has 1 aliphatic heterocycles. The smallest absolute Gasteiger partial charge is 0.265 e. The molecule has 1 aliphatic rings. The summed E-state index contributed by atoms with van der Waals surface area (Å²) in [4.78, 5) is 19.9. The van der Waals surface area contributed by atoms with Crippen molar-refractivity contribution >= 4 is 34.7 Å². The number of nitrogens with zero attached hydrogens (tertiary/aromatic N) is 1. The summed E-state index contributed by atoms with van der Waals surface area (Å²) in [5.74, 6) is 1.64. The Morgan fingerprint density at radius 1 is 1.10 bits per heavy atom. The molecular formula is C24H18N2O2S2. The van der Waals surface area contributed by atoms with E-state index >= 15 is 0 Å². The Morgan fingerprint density at radius 3 is 2.80 bits per heavy atom. The van der Waals surface area contributed by atoms with Crippen LogP contribution in [0.1, 0.15) is 20.8 Å². The number of nitrogens with one attached hydrogen (secondary N) is 1. The van der Waals surface area contributed by atoms with E-state index in [1.165, 1.54) is 16.9 Å². The molecule has 0 bridgehead atoms. The normalized spacial score (nSPS) is 11.9. The third-order valence-electron chi connectivity index (χ3n) is 4.79. The Labute approximate surface area is 182 Å². The average Bonchev–Trinajstić information content (AvgIpc) is 3.25. The fourth-order valence-electron chi connectivity index (χ4n) is 3.29. The van der Waals surface area contributed by atoms with Gasteiger partial charge in [-0.3, -0.25) is 9.78 Å². The molecule has 5 rings (SSSR count). The predicted molar refractivity (Wildman–Crippen MR) is 122 cm³/mol. The van der Waals surface area contributed by atoms with Gasteiger partial charge in [0.1, 0.15) is 12.4 Å². The molecule has 4 nitrogen and oxygen atoms in total. The summed E-state index contributed by atoms with van der Waals surface area (Å²) < 4.78 is 5.80. The molecule has 1 N–H and O–H groups in total. The third kappa shape index (κ3) is 3.97. The summed E-state index contributed by atoms with van der Waals surface area (Å²) in [7, 11) is 0. The molecular weight excluding hydrogens is 412 g/mol. The molecule has 6 heteroatoms. The van der Waals surface area contributed by atoms with Gasteiger partial charge in [-0.2, -0.15) is 0 Å². The quantitative estimate of drug-likeness (QED) is 0.380. The number of rotatable bonds is 5. The summed E-state index contributed by atoms with van der Waals surface area (Å²) in [5, 5.41) is 3.00. The van der Waals surface area contributed by atoms with Crippen LogP contribution in [0.2, 0.25) is 0 Å². The van der Waals surface area contributed by atoms with Gasteiger partial charge in [-0.05, 0) is 54.1 Å². The van der Waals surface area contributed by atoms with Crippen LogP contribution in [0.25, 0.3) is 10.4 Å². The van der Waals surface area contributed by atoms with E-state index in [0.717, 1.165) is 38.1 Å². The minimum Gasteiger partial charge on any atom is -0.488 e. The molecule has 0 saturated heterocycles. The second-order valence-electron chi connectivity index (χ2n) is 6.88. The maximum atomic E-state index is 12.8. The highest BCUT2D eigenvalue weighted by Gasteiger charge is 2.22. The largest absolute Gasteiger partial charge is 0.488 e. The summed E-state index contributed by atoms with van der Waals surface area (Å²) in [6, 6.07) is 21.8. The number of amides is 1. The number of ether oxygens (including phenoxy) is 1. The molecule has 0 fully saturated rings. The average molecular weight is 431 g/mol. The molecule has 1 amide bonds. The first kappa shape index (κ1) is 18.9. The Balaban J connectivity index is 1.26. The van der Waals surface area contributed by atoms with Crippen molar-refractivity contribution in [1.82, 2.24) is 4.98 Å². The lowest BCUT2D eigenvalue weighted by Crippen LogP contribution is -2.10. The van der Waals surface area contributed by atoms with Crippen LogP contribution in [0, 0.1) is 0 Å². The van der Waals surface area contributed by atoms with Crippen molar-refractivity contribution in [3.05, 3.63) is 95.1 Å². The number of carbonyl (C=O) groups excluding carboxylic acids is 1. The summed E-state index contributed by atoms with van der Waals surface area (Å²) in [5.41, 5.74) is 4.09. The number of thioether (sulfide) groups is 1. The number of para-hydroxylation sites is 1. The summed E-state index contributed by atoms with van der Waals surface area (Å²) >= 11 is 3.26. The van der Waals surface area contributed by atoms with Gasteiger partial charge in [0.2, 0.25) is 0 Å². The van der Waals surface area contributed by atoms with E-state index in [1.54, 1.807) is 18.0 Å². The molecule has 0 spiro atoms. The molecule has 0 unspecified atom stereocenters. The van der Waals surface area contributed by atoms with E-state index < -0.39 is 0 Å². The topological polar surface area (TPSA) is 51.2 Å². The van der Waals surface area contributed by atoms with Crippen LogP contribution in [0.4, 0.5) is 5.69 Å². The Morgan fingerprint density at radius 2 is 1.97 bits per heavy atom. The van der Waals surface area contributed by atoms with Crippen LogP contribution in [-0.4, -0.2) is 10.9 Å². The van der Waals surface area contributed by atoms with Crippen molar-refractivity contribution in [2.75, 3.05) is 5.32 Å². The number of benzene rings is 2. The van der Waals surface area contributed by atoms with Crippen LogP contribution in [-0.2, 0) is 12.4 Å². The van der Waals surface area contributed by atoms with Crippen molar-refractivity contribution < 1.29 is 9.53 Å². The first-order chi connectivity index (χ1) is 14.8. The maximum absolute atomic E-state index is 12.8. The lowest BCUT2D eigenvalue weighted by atomic mass is 10.1. The summed E-state index contributed by atoms with van der Waals surface area (Å²) in [6.07, 6.45) is 3.66. The fourth-order valence-corrected chi connectivity index (χ4v) is 5.21. The molecule has 2 aromatic carbocycles. The number of pyridine rings is 1. The molecule has 0 saturated carbocycles. The van der Waals surface area contributed by atoms with Gasteiger partial charge in [0.05, 0.1) is 4.88 Å². The zero-order valence-corrected chi connectivity index (χ0v) is 17.6. The molecule has 0 atom stereocenters. The number of hydrogen-bond acceptors (Lipinski definition) is 5. The highest BCUT2D eigenvalue weighted by atomic mass is 32.2. The minimum atomic E-state index is -0.0948. The van der Waals surface area contributed by atoms with E-state index in [9.17, 15) is 4.79 Å². The van der Waals surface area contributed by atoms with Crippen molar-refractivity contribution in [2.24, 2.45) is 0 Å². The molecule has 3 heterocycles. The van der Waals surface area contributed by atoms with Crippen LogP contribution < -0.4 is 10.1 Å². The van der Waals surface area contributed by atoms with Gasteiger partial charge < -0.3 is 10.1 Å². The number of thiophene rings is 1. The van der Waals surface area contributed by atoms with Crippen molar-refractivity contribution in [2.45, 2.75) is 17.3 Å². The third-order valence-corrected chi connectivity index (χ3v) is 7.08. The van der Waals surface area contributed by atoms with Gasteiger partial charge in [0, 0.05) is 44.7 Å². The van der Waals surface area contributed by atoms with Crippen LogP contribution in [0.5, 0.6) is 5.75 Å². The van der Waals surface area contributed by atoms with Gasteiger partial charge in [0.25, 0.3) is 5.91 Å². The first-order valence-electron chi connectivity index (χ1n) is 9.54. The molecule has 148 valence electrons. The second-order valence-corrected chi connectivity index (χ2v) is 8.98. The zero-order chi connectivity index (χ0) is 20.3. The van der Waals surface area contributed by atoms with E-state index in [2.05, 4.69) is 16.4 Å². The van der Waals surface area contributed by atoms with E-state index in [1.807, 2.05) is 66.9 Å². The molecule has 30 heavy (non-hydrogen) atoms. The SMILES string of the molecule is O=C(Nc1ccc(SCc2cccnc2)cc1)c1cc2c(s1)-c1ccccc1OC2. The number of anilines is 1. The highest BCUT2D eigenvalue weighted by Crippen LogP contribution is 2.42. The second kappa shape index (κ2) is 8.34. The van der Waals surface area contributed by atoms with Crippen molar-refractivity contribution in [3.63, 3.8) is 0 Å². The molecule has 2 aromatic heterocycles. The minimum absolute atomic E-state index is 0.0948. The lowest BCUT2D eigenvalue weighted by molar-refractivity contribution is 0.103. The standard InChI is InChI=1S/C24H18N2O2S2/c27-24(22-12-17-14-28-21-6-2-1-5-20(21)23(17)30-22)26-18-7-9-19(10-8-18)29-15-16-4-3-11-25-13-16/h1-13H,14-15H2,(H,26,27).